The van der Waals surface area contributed by atoms with Crippen LogP contribution in [-0.4, -0.2) is 33.5 Å². The summed E-state index contributed by atoms with van der Waals surface area (Å²) in [6.45, 7) is 2.46. The molecule has 1 aromatic carbocycles. The van der Waals surface area contributed by atoms with Crippen molar-refractivity contribution < 1.29 is 9.53 Å². The van der Waals surface area contributed by atoms with Crippen molar-refractivity contribution in [3.8, 4) is 5.75 Å². The molecule has 0 radical (unpaired) electrons. The molecule has 4 aromatic rings. The Morgan fingerprint density at radius 3 is 2.79 bits per heavy atom. The quantitative estimate of drug-likeness (QED) is 0.482. The van der Waals surface area contributed by atoms with Crippen molar-refractivity contribution in [2.24, 2.45) is 0 Å². The van der Waals surface area contributed by atoms with Gasteiger partial charge in [-0.25, -0.2) is 9.97 Å². The summed E-state index contributed by atoms with van der Waals surface area (Å²) in [5.41, 5.74) is 4.19. The number of nitrogens with zero attached hydrogens (tertiary/aromatic N) is 4. The fraction of sp³-hybridized carbons (Fsp3) is 0.231. The number of hydrogen-bond donors (Lipinski definition) is 1. The smallest absolute Gasteiger partial charge is 0.259 e. The highest BCUT2D eigenvalue weighted by Gasteiger charge is 2.38. The van der Waals surface area contributed by atoms with Gasteiger partial charge in [-0.2, -0.15) is 0 Å². The number of rotatable bonds is 5. The molecular weight excluding hydrogens is 414 g/mol. The van der Waals surface area contributed by atoms with E-state index in [9.17, 15) is 4.79 Å². The highest BCUT2D eigenvalue weighted by molar-refractivity contribution is 6.12. The number of aromatic nitrogens is 3. The number of aryl methyl sites for hydroxylation is 1. The zero-order chi connectivity index (χ0) is 22.4. The van der Waals surface area contributed by atoms with Gasteiger partial charge in [-0.3, -0.25) is 9.78 Å². The molecule has 0 atom stereocenters. The van der Waals surface area contributed by atoms with Gasteiger partial charge >= 0.3 is 0 Å². The van der Waals surface area contributed by atoms with E-state index in [1.54, 1.807) is 12.4 Å². The number of fused-ring (bicyclic) bond motifs is 3. The normalized spacial score (nSPS) is 14.9. The van der Waals surface area contributed by atoms with Gasteiger partial charge < -0.3 is 15.0 Å². The Bertz CT molecular complexity index is 1380. The largest absolute Gasteiger partial charge is 0.492 e. The van der Waals surface area contributed by atoms with E-state index in [1.165, 1.54) is 0 Å². The summed E-state index contributed by atoms with van der Waals surface area (Å²) in [5, 5.41) is 4.05. The predicted molar refractivity (Wildman–Crippen MR) is 127 cm³/mol. The minimum Gasteiger partial charge on any atom is -0.492 e. The zero-order valence-electron chi connectivity index (χ0n) is 18.3. The van der Waals surface area contributed by atoms with Crippen LogP contribution in [0.15, 0.2) is 61.1 Å². The minimum absolute atomic E-state index is 0.152. The molecule has 7 heteroatoms. The number of amides is 1. The second-order valence-corrected chi connectivity index (χ2v) is 8.52. The molecule has 7 nitrogen and oxygen atoms in total. The number of anilines is 3. The molecule has 0 unspecified atom stereocenters. The zero-order valence-corrected chi connectivity index (χ0v) is 18.3. The molecular formula is C26H23N5O2. The van der Waals surface area contributed by atoms with Crippen LogP contribution in [-0.2, 0) is 6.42 Å². The number of carbonyl (C=O) groups excluding carboxylic acids is 1. The molecule has 1 aliphatic heterocycles. The van der Waals surface area contributed by atoms with E-state index in [0.29, 0.717) is 30.5 Å². The second-order valence-electron chi connectivity index (χ2n) is 8.52. The molecule has 164 valence electrons. The fourth-order valence-corrected chi connectivity index (χ4v) is 4.31. The number of ether oxygens (including phenoxy) is 1. The van der Waals surface area contributed by atoms with E-state index in [0.717, 1.165) is 52.1 Å². The van der Waals surface area contributed by atoms with Crippen LogP contribution >= 0.6 is 0 Å². The summed E-state index contributed by atoms with van der Waals surface area (Å²) in [6, 6.07) is 14.0. The maximum Gasteiger partial charge on any atom is 0.259 e. The van der Waals surface area contributed by atoms with E-state index in [2.05, 4.69) is 20.2 Å². The van der Waals surface area contributed by atoms with Crippen molar-refractivity contribution in [1.29, 1.82) is 0 Å². The number of carbonyl (C=O) groups is 1. The van der Waals surface area contributed by atoms with Crippen molar-refractivity contribution >= 4 is 34.1 Å². The van der Waals surface area contributed by atoms with Crippen LogP contribution in [0.5, 0.6) is 5.75 Å². The molecule has 2 aliphatic rings. The Kier molecular flexibility index (Phi) is 4.68. The molecule has 1 N–H and O–H groups in total. The fourth-order valence-electron chi connectivity index (χ4n) is 4.31. The van der Waals surface area contributed by atoms with Gasteiger partial charge in [0.25, 0.3) is 5.91 Å². The summed E-state index contributed by atoms with van der Waals surface area (Å²) < 4.78 is 6.07. The predicted octanol–water partition coefficient (Wildman–Crippen LogP) is 4.82. The van der Waals surface area contributed by atoms with Crippen LogP contribution in [0.2, 0.25) is 0 Å². The summed E-state index contributed by atoms with van der Waals surface area (Å²) in [4.78, 5) is 29.0. The lowest BCUT2D eigenvalue weighted by atomic mass is 10.1. The first kappa shape index (κ1) is 19.7. The van der Waals surface area contributed by atoms with Gasteiger partial charge in [0, 0.05) is 36.4 Å². The van der Waals surface area contributed by atoms with Crippen LogP contribution in [0.1, 0.15) is 34.3 Å². The molecule has 0 saturated heterocycles. The average Bonchev–Trinajstić information content (AvgIpc) is 3.67. The van der Waals surface area contributed by atoms with Crippen molar-refractivity contribution in [2.75, 3.05) is 16.8 Å². The van der Waals surface area contributed by atoms with Gasteiger partial charge in [0.1, 0.15) is 11.6 Å². The maximum absolute atomic E-state index is 13.2. The first-order chi connectivity index (χ1) is 16.2. The van der Waals surface area contributed by atoms with Crippen LogP contribution in [0.3, 0.4) is 0 Å². The van der Waals surface area contributed by atoms with Crippen molar-refractivity contribution in [3.05, 3.63) is 77.7 Å². The molecule has 3 aromatic heterocycles. The van der Waals surface area contributed by atoms with Crippen LogP contribution in [0.4, 0.5) is 17.3 Å². The van der Waals surface area contributed by atoms with Gasteiger partial charge in [0.2, 0.25) is 0 Å². The average molecular weight is 438 g/mol. The Labute approximate surface area is 191 Å². The highest BCUT2D eigenvalue weighted by Crippen LogP contribution is 2.43. The Balaban J connectivity index is 1.27. The molecule has 0 bridgehead atoms. The number of pyridine rings is 3. The number of hydrogen-bond acceptors (Lipinski definition) is 6. The van der Waals surface area contributed by atoms with Gasteiger partial charge in [0.15, 0.2) is 5.82 Å². The molecule has 1 saturated carbocycles. The monoisotopic (exact) mass is 437 g/mol. The van der Waals surface area contributed by atoms with Gasteiger partial charge in [0.05, 0.1) is 23.4 Å². The van der Waals surface area contributed by atoms with Crippen LogP contribution in [0.25, 0.3) is 10.9 Å². The molecule has 6 rings (SSSR count). The van der Waals surface area contributed by atoms with E-state index >= 15 is 0 Å². The molecule has 4 heterocycles. The third-order valence-electron chi connectivity index (χ3n) is 6.17. The van der Waals surface area contributed by atoms with E-state index < -0.39 is 0 Å². The third kappa shape index (κ3) is 3.55. The Hall–Kier alpha value is -4.00. The molecule has 1 amide bonds. The number of benzene rings is 1. The van der Waals surface area contributed by atoms with E-state index in [-0.39, 0.29) is 5.91 Å². The third-order valence-corrected chi connectivity index (χ3v) is 6.17. The van der Waals surface area contributed by atoms with Crippen molar-refractivity contribution in [3.63, 3.8) is 0 Å². The summed E-state index contributed by atoms with van der Waals surface area (Å²) in [5.74, 6) is 2.10. The van der Waals surface area contributed by atoms with Gasteiger partial charge in [-0.1, -0.05) is 12.1 Å². The summed E-state index contributed by atoms with van der Waals surface area (Å²) in [6.07, 6.45) is 8.16. The first-order valence-electron chi connectivity index (χ1n) is 11.2. The van der Waals surface area contributed by atoms with E-state index in [1.807, 2.05) is 55.6 Å². The lowest BCUT2D eigenvalue weighted by Crippen LogP contribution is -2.23. The molecule has 1 aliphatic carbocycles. The summed E-state index contributed by atoms with van der Waals surface area (Å²) >= 11 is 0. The van der Waals surface area contributed by atoms with Crippen molar-refractivity contribution in [1.82, 2.24) is 15.0 Å². The topological polar surface area (TPSA) is 80.2 Å². The SMILES string of the molecule is Cc1ccnc2c1NC(=O)c1cc(CCOc3ccnc4ccccc34)cnc1N2C1CC1. The molecule has 0 spiro atoms. The lowest BCUT2D eigenvalue weighted by Gasteiger charge is -2.24. The maximum atomic E-state index is 13.2. The van der Waals surface area contributed by atoms with Crippen LogP contribution in [0, 0.1) is 6.92 Å². The number of nitrogens with one attached hydrogen (secondary N) is 1. The molecule has 1 fully saturated rings. The van der Waals surface area contributed by atoms with E-state index in [4.69, 9.17) is 9.72 Å². The Morgan fingerprint density at radius 1 is 1.06 bits per heavy atom. The standard InChI is InChI=1S/C26H23N5O2/c1-16-8-11-28-25-23(16)30-26(32)20-14-17(15-29-24(20)31(25)18-6-7-18)10-13-33-22-9-12-27-21-5-3-2-4-19(21)22/h2-5,8-9,11-12,14-15,18H,6-7,10,13H2,1H3,(H,30,32). The second kappa shape index (κ2) is 7.85. The van der Waals surface area contributed by atoms with Gasteiger partial charge in [-0.15, -0.1) is 0 Å². The number of para-hydroxylation sites is 1. The minimum atomic E-state index is -0.152. The first-order valence-corrected chi connectivity index (χ1v) is 11.2. The molecule has 33 heavy (non-hydrogen) atoms. The summed E-state index contributed by atoms with van der Waals surface area (Å²) in [7, 11) is 0. The van der Waals surface area contributed by atoms with Crippen LogP contribution < -0.4 is 15.0 Å². The lowest BCUT2D eigenvalue weighted by molar-refractivity contribution is 0.102. The van der Waals surface area contributed by atoms with Crippen molar-refractivity contribution in [2.45, 2.75) is 32.2 Å². The Morgan fingerprint density at radius 2 is 1.91 bits per heavy atom. The van der Waals surface area contributed by atoms with Gasteiger partial charge in [-0.05, 0) is 61.2 Å². The highest BCUT2D eigenvalue weighted by atomic mass is 16.5.